The number of anilines is 1. The normalized spacial score (nSPS) is 11.6. The molecule has 0 saturated carbocycles. The Morgan fingerprint density at radius 3 is 2.68 bits per heavy atom. The number of H-pyrrole nitrogens is 1. The van der Waals surface area contributed by atoms with Gasteiger partial charge in [0.1, 0.15) is 0 Å². The van der Waals surface area contributed by atoms with Gasteiger partial charge in [0.25, 0.3) is 0 Å². The minimum atomic E-state index is -4.37. The monoisotopic (exact) mass is 333 g/mol. The molecule has 2 rings (SSSR count). The molecule has 3 nitrogen and oxygen atoms in total. The van der Waals surface area contributed by atoms with Crippen LogP contribution in [-0.2, 0) is 12.7 Å². The first-order valence-corrected chi connectivity index (χ1v) is 6.26. The Hall–Kier alpha value is -1.50. The van der Waals surface area contributed by atoms with Gasteiger partial charge in [0, 0.05) is 28.0 Å². The van der Waals surface area contributed by atoms with Crippen molar-refractivity contribution in [3.05, 3.63) is 45.7 Å². The molecule has 0 unspecified atom stereocenters. The van der Waals surface area contributed by atoms with Crippen molar-refractivity contribution in [2.45, 2.75) is 19.6 Å². The second-order valence-corrected chi connectivity index (χ2v) is 4.92. The van der Waals surface area contributed by atoms with E-state index in [2.05, 4.69) is 31.4 Å². The van der Waals surface area contributed by atoms with Crippen molar-refractivity contribution < 1.29 is 13.2 Å². The van der Waals surface area contributed by atoms with E-state index < -0.39 is 11.7 Å². The Morgan fingerprint density at radius 1 is 1.37 bits per heavy atom. The molecular weight excluding hydrogens is 323 g/mol. The second-order valence-electron chi connectivity index (χ2n) is 4.07. The highest BCUT2D eigenvalue weighted by Crippen LogP contribution is 2.36. The topological polar surface area (TPSA) is 40.7 Å². The Kier molecular flexibility index (Phi) is 3.84. The van der Waals surface area contributed by atoms with Crippen LogP contribution < -0.4 is 5.32 Å². The summed E-state index contributed by atoms with van der Waals surface area (Å²) in [6.45, 7) is 2.27. The molecule has 0 bridgehead atoms. The van der Waals surface area contributed by atoms with E-state index in [-0.39, 0.29) is 4.47 Å². The van der Waals surface area contributed by atoms with Crippen molar-refractivity contribution in [3.8, 4) is 0 Å². The van der Waals surface area contributed by atoms with Crippen LogP contribution in [0.3, 0.4) is 0 Å². The van der Waals surface area contributed by atoms with Gasteiger partial charge in [-0.1, -0.05) is 15.9 Å². The Morgan fingerprint density at radius 2 is 2.11 bits per heavy atom. The minimum absolute atomic E-state index is 0.0324. The van der Waals surface area contributed by atoms with Gasteiger partial charge < -0.3 is 5.32 Å². The van der Waals surface area contributed by atoms with E-state index in [0.29, 0.717) is 12.2 Å². The van der Waals surface area contributed by atoms with Crippen molar-refractivity contribution in [2.75, 3.05) is 5.32 Å². The molecule has 1 aromatic heterocycles. The van der Waals surface area contributed by atoms with Gasteiger partial charge >= 0.3 is 6.18 Å². The van der Waals surface area contributed by atoms with Gasteiger partial charge in [0.15, 0.2) is 0 Å². The van der Waals surface area contributed by atoms with Crippen molar-refractivity contribution in [2.24, 2.45) is 0 Å². The summed E-state index contributed by atoms with van der Waals surface area (Å²) in [5.74, 6) is 0. The van der Waals surface area contributed by atoms with Crippen molar-refractivity contribution in [1.29, 1.82) is 0 Å². The number of hydrogen-bond donors (Lipinski definition) is 2. The third kappa shape index (κ3) is 3.28. The quantitative estimate of drug-likeness (QED) is 0.887. The number of alkyl halides is 3. The molecule has 0 aliphatic rings. The van der Waals surface area contributed by atoms with E-state index in [4.69, 9.17) is 0 Å². The van der Waals surface area contributed by atoms with E-state index in [1.54, 1.807) is 12.3 Å². The highest BCUT2D eigenvalue weighted by atomic mass is 79.9. The lowest BCUT2D eigenvalue weighted by Crippen LogP contribution is -2.07. The molecule has 1 aromatic carbocycles. The molecule has 0 amide bonds. The molecule has 2 aromatic rings. The summed E-state index contributed by atoms with van der Waals surface area (Å²) in [5.41, 5.74) is 1.52. The van der Waals surface area contributed by atoms with E-state index >= 15 is 0 Å². The fraction of sp³-hybridized carbons (Fsp3) is 0.250. The number of hydrogen-bond acceptors (Lipinski definition) is 2. The third-order valence-corrected chi connectivity index (χ3v) is 3.38. The molecule has 0 fully saturated rings. The minimum Gasteiger partial charge on any atom is -0.381 e. The lowest BCUT2D eigenvalue weighted by atomic mass is 10.2. The van der Waals surface area contributed by atoms with Gasteiger partial charge in [-0.3, -0.25) is 5.10 Å². The van der Waals surface area contributed by atoms with Gasteiger partial charge in [0.05, 0.1) is 11.8 Å². The number of aromatic amines is 1. The maximum Gasteiger partial charge on any atom is 0.417 e. The SMILES string of the molecule is Cc1[nH]ncc1CNc1ccc(Br)c(C(F)(F)F)c1. The number of aryl methyl sites for hydroxylation is 1. The van der Waals surface area contributed by atoms with E-state index in [9.17, 15) is 13.2 Å². The first kappa shape index (κ1) is 13.9. The molecule has 0 aliphatic carbocycles. The standard InChI is InChI=1S/C12H11BrF3N3/c1-7-8(6-18-19-7)5-17-9-2-3-11(13)10(4-9)12(14,15)16/h2-4,6,17H,5H2,1H3,(H,18,19). The predicted octanol–water partition coefficient (Wildman–Crippen LogP) is 4.11. The predicted molar refractivity (Wildman–Crippen MR) is 69.8 cm³/mol. The summed E-state index contributed by atoms with van der Waals surface area (Å²) in [4.78, 5) is 0. The smallest absolute Gasteiger partial charge is 0.381 e. The second kappa shape index (κ2) is 5.24. The Balaban J connectivity index is 2.16. The van der Waals surface area contributed by atoms with Crippen LogP contribution in [0.15, 0.2) is 28.9 Å². The van der Waals surface area contributed by atoms with Crippen molar-refractivity contribution in [3.63, 3.8) is 0 Å². The average molecular weight is 334 g/mol. The lowest BCUT2D eigenvalue weighted by Gasteiger charge is -2.12. The molecule has 0 atom stereocenters. The van der Waals surface area contributed by atoms with Crippen LogP contribution in [0.25, 0.3) is 0 Å². The van der Waals surface area contributed by atoms with E-state index in [1.165, 1.54) is 6.07 Å². The molecule has 2 N–H and O–H groups in total. The molecule has 0 radical (unpaired) electrons. The van der Waals surface area contributed by atoms with Crippen molar-refractivity contribution >= 4 is 21.6 Å². The summed E-state index contributed by atoms with van der Waals surface area (Å²) >= 11 is 2.90. The van der Waals surface area contributed by atoms with Crippen LogP contribution in [0.2, 0.25) is 0 Å². The molecule has 1 heterocycles. The summed E-state index contributed by atoms with van der Waals surface area (Å²) in [6, 6.07) is 4.06. The van der Waals surface area contributed by atoms with Gasteiger partial charge in [-0.15, -0.1) is 0 Å². The fourth-order valence-corrected chi connectivity index (χ4v) is 2.08. The number of nitrogens with zero attached hydrogens (tertiary/aromatic N) is 1. The maximum atomic E-state index is 12.7. The number of aromatic nitrogens is 2. The molecule has 19 heavy (non-hydrogen) atoms. The molecule has 102 valence electrons. The van der Waals surface area contributed by atoms with Gasteiger partial charge in [0.2, 0.25) is 0 Å². The highest BCUT2D eigenvalue weighted by molar-refractivity contribution is 9.10. The molecule has 0 saturated heterocycles. The number of halogens is 4. The summed E-state index contributed by atoms with van der Waals surface area (Å²) in [5, 5.41) is 9.57. The van der Waals surface area contributed by atoms with Crippen molar-refractivity contribution in [1.82, 2.24) is 10.2 Å². The van der Waals surface area contributed by atoms with Crippen LogP contribution in [0, 0.1) is 6.92 Å². The zero-order valence-electron chi connectivity index (χ0n) is 9.98. The zero-order chi connectivity index (χ0) is 14.0. The lowest BCUT2D eigenvalue weighted by molar-refractivity contribution is -0.138. The molecule has 0 spiro atoms. The van der Waals surface area contributed by atoms with Crippen LogP contribution in [0.1, 0.15) is 16.8 Å². The van der Waals surface area contributed by atoms with Crippen LogP contribution >= 0.6 is 15.9 Å². The Labute approximate surface area is 116 Å². The number of nitrogens with one attached hydrogen (secondary N) is 2. The van der Waals surface area contributed by atoms with Gasteiger partial charge in [-0.25, -0.2) is 0 Å². The zero-order valence-corrected chi connectivity index (χ0v) is 11.6. The Bertz CT molecular complexity index is 578. The first-order valence-electron chi connectivity index (χ1n) is 5.47. The summed E-state index contributed by atoms with van der Waals surface area (Å²) in [6.07, 6.45) is -2.73. The van der Waals surface area contributed by atoms with Crippen LogP contribution in [0.4, 0.5) is 18.9 Å². The summed E-state index contributed by atoms with van der Waals surface area (Å²) in [7, 11) is 0. The molecule has 7 heteroatoms. The highest BCUT2D eigenvalue weighted by Gasteiger charge is 2.33. The third-order valence-electron chi connectivity index (χ3n) is 2.69. The van der Waals surface area contributed by atoms with Crippen LogP contribution in [0.5, 0.6) is 0 Å². The van der Waals surface area contributed by atoms with E-state index in [0.717, 1.165) is 17.3 Å². The van der Waals surface area contributed by atoms with Gasteiger partial charge in [-0.05, 0) is 25.1 Å². The number of rotatable bonds is 3. The first-order chi connectivity index (χ1) is 8.88. The molecular formula is C12H11BrF3N3. The number of benzene rings is 1. The largest absolute Gasteiger partial charge is 0.417 e. The average Bonchev–Trinajstić information content (AvgIpc) is 2.72. The van der Waals surface area contributed by atoms with Crippen LogP contribution in [-0.4, -0.2) is 10.2 Å². The molecule has 0 aliphatic heterocycles. The van der Waals surface area contributed by atoms with Gasteiger partial charge in [-0.2, -0.15) is 18.3 Å². The van der Waals surface area contributed by atoms with E-state index in [1.807, 2.05) is 6.92 Å². The maximum absolute atomic E-state index is 12.7. The summed E-state index contributed by atoms with van der Waals surface area (Å²) < 4.78 is 38.2. The fourth-order valence-electron chi connectivity index (χ4n) is 1.60.